The zero-order chi connectivity index (χ0) is 20.3. The fraction of sp³-hybridized carbons (Fsp3) is 0.524. The molecular formula is C21H28N2O5. The Morgan fingerprint density at radius 2 is 1.82 bits per heavy atom. The maximum atomic E-state index is 13.1. The first-order chi connectivity index (χ1) is 13.4. The minimum atomic E-state index is -0.686. The Balaban J connectivity index is 1.92. The topological polar surface area (TPSA) is 85.9 Å². The number of allylic oxidation sites excluding steroid dienone is 1. The molecule has 0 bridgehead atoms. The molecule has 7 nitrogen and oxygen atoms in total. The number of nitrogens with one attached hydrogen (secondary N) is 2. The van der Waals surface area contributed by atoms with Gasteiger partial charge in [-0.15, -0.1) is 0 Å². The molecule has 28 heavy (non-hydrogen) atoms. The van der Waals surface area contributed by atoms with E-state index < -0.39 is 12.0 Å². The van der Waals surface area contributed by atoms with Gasteiger partial charge in [-0.1, -0.05) is 6.92 Å². The van der Waals surface area contributed by atoms with Gasteiger partial charge in [0, 0.05) is 11.3 Å². The summed E-state index contributed by atoms with van der Waals surface area (Å²) in [6.45, 7) is 3.92. The van der Waals surface area contributed by atoms with Gasteiger partial charge in [0.2, 0.25) is 0 Å². The quantitative estimate of drug-likeness (QED) is 0.755. The molecule has 0 unspecified atom stereocenters. The fourth-order valence-electron chi connectivity index (χ4n) is 3.82. The van der Waals surface area contributed by atoms with Crippen molar-refractivity contribution in [2.75, 3.05) is 14.2 Å². The Hall–Kier alpha value is -2.70. The highest BCUT2D eigenvalue weighted by molar-refractivity contribution is 5.95. The van der Waals surface area contributed by atoms with Crippen LogP contribution in [0.1, 0.15) is 51.1 Å². The number of ether oxygens (including phenoxy) is 3. The molecule has 3 rings (SSSR count). The lowest BCUT2D eigenvalue weighted by Crippen LogP contribution is -2.45. The van der Waals surface area contributed by atoms with Gasteiger partial charge in [-0.2, -0.15) is 0 Å². The van der Waals surface area contributed by atoms with Gasteiger partial charge in [-0.3, -0.25) is 0 Å². The molecule has 0 radical (unpaired) electrons. The minimum absolute atomic E-state index is 0.0884. The number of amides is 2. The average Bonchev–Trinajstić information content (AvgIpc) is 2.68. The number of esters is 1. The molecule has 2 amide bonds. The van der Waals surface area contributed by atoms with Gasteiger partial charge >= 0.3 is 12.0 Å². The molecule has 1 saturated carbocycles. The zero-order valence-corrected chi connectivity index (χ0v) is 16.8. The Morgan fingerprint density at radius 1 is 1.11 bits per heavy atom. The molecule has 0 saturated heterocycles. The van der Waals surface area contributed by atoms with Crippen LogP contribution in [0.5, 0.6) is 11.5 Å². The second-order valence-corrected chi connectivity index (χ2v) is 7.47. The van der Waals surface area contributed by atoms with Crippen molar-refractivity contribution >= 4 is 12.0 Å². The molecular weight excluding hydrogens is 360 g/mol. The van der Waals surface area contributed by atoms with Crippen molar-refractivity contribution in [3.05, 3.63) is 35.0 Å². The fourth-order valence-corrected chi connectivity index (χ4v) is 3.82. The maximum Gasteiger partial charge on any atom is 0.338 e. The van der Waals surface area contributed by atoms with Crippen LogP contribution in [0.3, 0.4) is 0 Å². The second kappa shape index (κ2) is 8.54. The molecule has 1 fully saturated rings. The Bertz CT molecular complexity index is 781. The molecule has 2 N–H and O–H groups in total. The van der Waals surface area contributed by atoms with Crippen molar-refractivity contribution in [1.82, 2.24) is 10.6 Å². The van der Waals surface area contributed by atoms with Crippen LogP contribution < -0.4 is 20.1 Å². The van der Waals surface area contributed by atoms with Crippen molar-refractivity contribution in [3.63, 3.8) is 0 Å². The Labute approximate surface area is 165 Å². The van der Waals surface area contributed by atoms with Gasteiger partial charge in [-0.05, 0) is 56.7 Å². The monoisotopic (exact) mass is 388 g/mol. The van der Waals surface area contributed by atoms with Gasteiger partial charge < -0.3 is 24.8 Å². The predicted octanol–water partition coefficient (Wildman–Crippen LogP) is 3.45. The van der Waals surface area contributed by atoms with E-state index in [1.54, 1.807) is 39.3 Å². The van der Waals surface area contributed by atoms with Crippen LogP contribution in [-0.4, -0.2) is 32.3 Å². The summed E-state index contributed by atoms with van der Waals surface area (Å²) in [5.74, 6) is 1.41. The molecule has 7 heteroatoms. The number of benzene rings is 1. The summed E-state index contributed by atoms with van der Waals surface area (Å²) in [6.07, 6.45) is 3.75. The van der Waals surface area contributed by atoms with Gasteiger partial charge in [-0.25, -0.2) is 9.59 Å². The van der Waals surface area contributed by atoms with Gasteiger partial charge in [0.25, 0.3) is 0 Å². The Kier molecular flexibility index (Phi) is 6.11. The Morgan fingerprint density at radius 3 is 2.46 bits per heavy atom. The molecule has 1 aromatic carbocycles. The number of hydrogen-bond donors (Lipinski definition) is 2. The third-order valence-electron chi connectivity index (χ3n) is 5.47. The molecule has 152 valence electrons. The summed E-state index contributed by atoms with van der Waals surface area (Å²) in [5, 5.41) is 5.50. The third-order valence-corrected chi connectivity index (χ3v) is 5.47. The molecule has 0 spiro atoms. The number of urea groups is 1. The van der Waals surface area contributed by atoms with E-state index in [1.165, 1.54) is 0 Å². The normalized spacial score (nSPS) is 24.9. The number of rotatable bonds is 5. The van der Waals surface area contributed by atoms with Gasteiger partial charge in [0.1, 0.15) is 17.6 Å². The highest BCUT2D eigenvalue weighted by Crippen LogP contribution is 2.36. The van der Waals surface area contributed by atoms with E-state index in [0.29, 0.717) is 34.3 Å². The van der Waals surface area contributed by atoms with Crippen molar-refractivity contribution in [2.45, 2.75) is 51.7 Å². The van der Waals surface area contributed by atoms with Crippen molar-refractivity contribution in [3.8, 4) is 11.5 Å². The van der Waals surface area contributed by atoms with Crippen LogP contribution >= 0.6 is 0 Å². The molecule has 1 atom stereocenters. The number of hydrogen-bond acceptors (Lipinski definition) is 5. The number of methoxy groups -OCH3 is 2. The largest absolute Gasteiger partial charge is 0.497 e. The summed E-state index contributed by atoms with van der Waals surface area (Å²) in [7, 11) is 3.11. The summed E-state index contributed by atoms with van der Waals surface area (Å²) in [4.78, 5) is 25.2. The van der Waals surface area contributed by atoms with E-state index >= 15 is 0 Å². The summed E-state index contributed by atoms with van der Waals surface area (Å²) in [6, 6.07) is 4.22. The molecule has 1 heterocycles. The van der Waals surface area contributed by atoms with Crippen LogP contribution in [0.25, 0.3) is 0 Å². The minimum Gasteiger partial charge on any atom is -0.497 e. The standard InChI is InChI=1S/C21H28N2O5/c1-12-5-7-14(8-6-12)28-20(24)18-13(2)22-21(25)23-19(18)16-11-15(26-3)9-10-17(16)27-4/h9-12,14,19H,5-8H2,1-4H3,(H2,22,23,25)/t12?,14?,19-/m1/s1. The van der Waals surface area contributed by atoms with Crippen molar-refractivity contribution < 1.29 is 23.8 Å². The van der Waals surface area contributed by atoms with Crippen LogP contribution in [0.2, 0.25) is 0 Å². The lowest BCUT2D eigenvalue weighted by molar-refractivity contribution is -0.146. The van der Waals surface area contributed by atoms with Gasteiger partial charge in [0.05, 0.1) is 25.8 Å². The first kappa shape index (κ1) is 20.0. The SMILES string of the molecule is COc1ccc(OC)c([C@H]2NC(=O)NC(C)=C2C(=O)OC2CCC(C)CC2)c1. The van der Waals surface area contributed by atoms with Crippen LogP contribution in [-0.2, 0) is 9.53 Å². The summed E-state index contributed by atoms with van der Waals surface area (Å²) in [5.41, 5.74) is 1.50. The summed E-state index contributed by atoms with van der Waals surface area (Å²) < 4.78 is 16.6. The molecule has 2 aliphatic rings. The molecule has 0 aromatic heterocycles. The molecule has 1 aliphatic carbocycles. The first-order valence-corrected chi connectivity index (χ1v) is 9.64. The number of carbonyl (C=O) groups is 2. The zero-order valence-electron chi connectivity index (χ0n) is 16.8. The predicted molar refractivity (Wildman–Crippen MR) is 104 cm³/mol. The van der Waals surface area contributed by atoms with E-state index in [-0.39, 0.29) is 12.1 Å². The van der Waals surface area contributed by atoms with Crippen molar-refractivity contribution in [2.24, 2.45) is 5.92 Å². The highest BCUT2D eigenvalue weighted by atomic mass is 16.5. The highest BCUT2D eigenvalue weighted by Gasteiger charge is 2.35. The van der Waals surface area contributed by atoms with Crippen molar-refractivity contribution in [1.29, 1.82) is 0 Å². The smallest absolute Gasteiger partial charge is 0.338 e. The van der Waals surface area contributed by atoms with E-state index in [1.807, 2.05) is 0 Å². The average molecular weight is 388 g/mol. The van der Waals surface area contributed by atoms with E-state index in [0.717, 1.165) is 25.7 Å². The van der Waals surface area contributed by atoms with Crippen LogP contribution in [0.15, 0.2) is 29.5 Å². The lowest BCUT2D eigenvalue weighted by atomic mass is 9.88. The van der Waals surface area contributed by atoms with Crippen LogP contribution in [0, 0.1) is 5.92 Å². The number of carbonyl (C=O) groups excluding carboxylic acids is 2. The molecule has 1 aliphatic heterocycles. The second-order valence-electron chi connectivity index (χ2n) is 7.47. The summed E-state index contributed by atoms with van der Waals surface area (Å²) >= 11 is 0. The van der Waals surface area contributed by atoms with E-state index in [4.69, 9.17) is 14.2 Å². The first-order valence-electron chi connectivity index (χ1n) is 9.64. The third kappa shape index (κ3) is 4.24. The van der Waals surface area contributed by atoms with E-state index in [2.05, 4.69) is 17.6 Å². The van der Waals surface area contributed by atoms with E-state index in [9.17, 15) is 9.59 Å². The lowest BCUT2D eigenvalue weighted by Gasteiger charge is -2.31. The maximum absolute atomic E-state index is 13.1. The van der Waals surface area contributed by atoms with Gasteiger partial charge in [0.15, 0.2) is 0 Å². The van der Waals surface area contributed by atoms with Crippen LogP contribution in [0.4, 0.5) is 4.79 Å². The molecule has 1 aromatic rings.